The van der Waals surface area contributed by atoms with Gasteiger partial charge in [0, 0.05) is 34.9 Å². The number of halogens is 3. The molecule has 4 aromatic rings. The summed E-state index contributed by atoms with van der Waals surface area (Å²) in [6.45, 7) is 1.80. The number of nitrogens with two attached hydrogens (primary N) is 1. The topological polar surface area (TPSA) is 99.2 Å². The number of fused-ring (bicyclic) bond motifs is 1. The van der Waals surface area contributed by atoms with Crippen molar-refractivity contribution in [3.05, 3.63) is 66.4 Å². The van der Waals surface area contributed by atoms with Crippen LogP contribution < -0.4 is 15.2 Å². The van der Waals surface area contributed by atoms with E-state index in [1.165, 1.54) is 12.3 Å². The molecule has 1 saturated carbocycles. The van der Waals surface area contributed by atoms with Gasteiger partial charge in [-0.25, -0.2) is 13.4 Å². The molecule has 0 unspecified atom stereocenters. The first-order valence-corrected chi connectivity index (χ1v) is 13.5. The highest BCUT2D eigenvalue weighted by Gasteiger charge is 2.35. The average Bonchev–Trinajstić information content (AvgIpc) is 3.63. The molecule has 0 saturated heterocycles. The lowest BCUT2D eigenvalue weighted by Gasteiger charge is -2.13. The zero-order valence-electron chi connectivity index (χ0n) is 19.9. The zero-order chi connectivity index (χ0) is 26.4. The third kappa shape index (κ3) is 5.08. The molecule has 0 amide bonds. The molecule has 2 heterocycles. The molecule has 11 heteroatoms. The van der Waals surface area contributed by atoms with Gasteiger partial charge in [-0.2, -0.15) is 13.2 Å². The number of sulfonamides is 1. The number of nitrogens with zero attached hydrogens (tertiary/aromatic N) is 2. The minimum atomic E-state index is -4.60. The molecule has 37 heavy (non-hydrogen) atoms. The van der Waals surface area contributed by atoms with Crippen LogP contribution in [-0.4, -0.2) is 23.7 Å². The molecule has 2 aromatic heterocycles. The number of nitrogen functional groups attached to an aromatic ring is 1. The van der Waals surface area contributed by atoms with E-state index in [0.29, 0.717) is 17.8 Å². The van der Waals surface area contributed by atoms with Gasteiger partial charge in [-0.05, 0) is 55.7 Å². The maximum atomic E-state index is 13.4. The van der Waals surface area contributed by atoms with Crippen LogP contribution in [0.3, 0.4) is 0 Å². The molecule has 0 radical (unpaired) electrons. The van der Waals surface area contributed by atoms with Crippen LogP contribution in [0.5, 0.6) is 11.6 Å². The monoisotopic (exact) mass is 530 g/mol. The second kappa shape index (κ2) is 9.29. The molecular weight excluding hydrogens is 505 g/mol. The van der Waals surface area contributed by atoms with Gasteiger partial charge in [0.25, 0.3) is 0 Å². The average molecular weight is 531 g/mol. The summed E-state index contributed by atoms with van der Waals surface area (Å²) in [7, 11) is -3.41. The van der Waals surface area contributed by atoms with Crippen molar-refractivity contribution in [2.45, 2.75) is 38.4 Å². The Kier molecular flexibility index (Phi) is 6.26. The van der Waals surface area contributed by atoms with E-state index in [1.807, 2.05) is 0 Å². The minimum Gasteiger partial charge on any atom is -0.438 e. The smallest absolute Gasteiger partial charge is 0.421 e. The highest BCUT2D eigenvalue weighted by atomic mass is 32.2. The Morgan fingerprint density at radius 2 is 1.86 bits per heavy atom. The zero-order valence-corrected chi connectivity index (χ0v) is 20.7. The fourth-order valence-electron chi connectivity index (χ4n) is 4.38. The first kappa shape index (κ1) is 24.9. The van der Waals surface area contributed by atoms with Crippen LogP contribution in [0, 0.1) is 0 Å². The van der Waals surface area contributed by atoms with Gasteiger partial charge in [0.05, 0.1) is 22.7 Å². The Bertz CT molecular complexity index is 1560. The van der Waals surface area contributed by atoms with Crippen molar-refractivity contribution in [1.29, 1.82) is 0 Å². The Balaban J connectivity index is 1.53. The molecule has 194 valence electrons. The minimum absolute atomic E-state index is 0.0327. The van der Waals surface area contributed by atoms with E-state index in [-0.39, 0.29) is 17.5 Å². The Hall–Kier alpha value is -3.73. The van der Waals surface area contributed by atoms with Crippen molar-refractivity contribution in [3.8, 4) is 22.9 Å². The van der Waals surface area contributed by atoms with Crippen LogP contribution >= 0.6 is 0 Å². The van der Waals surface area contributed by atoms with E-state index in [0.717, 1.165) is 41.1 Å². The predicted molar refractivity (Wildman–Crippen MR) is 137 cm³/mol. The normalized spacial score (nSPS) is 14.2. The van der Waals surface area contributed by atoms with Gasteiger partial charge in [-0.3, -0.25) is 4.72 Å². The number of aromatic nitrogens is 2. The van der Waals surface area contributed by atoms with Crippen molar-refractivity contribution < 1.29 is 26.3 Å². The lowest BCUT2D eigenvalue weighted by Crippen LogP contribution is -2.15. The number of rotatable bonds is 8. The number of anilines is 2. The summed E-state index contributed by atoms with van der Waals surface area (Å²) in [6, 6.07) is 14.3. The maximum absolute atomic E-state index is 13.4. The number of nitrogens with one attached hydrogen (secondary N) is 1. The van der Waals surface area contributed by atoms with E-state index in [4.69, 9.17) is 10.5 Å². The van der Waals surface area contributed by atoms with Gasteiger partial charge in [0.1, 0.15) is 11.3 Å². The molecule has 1 fully saturated rings. The van der Waals surface area contributed by atoms with Gasteiger partial charge in [-0.15, -0.1) is 0 Å². The molecule has 1 aliphatic rings. The molecule has 0 spiro atoms. The van der Waals surface area contributed by atoms with Gasteiger partial charge in [-0.1, -0.05) is 19.1 Å². The fourth-order valence-corrected chi connectivity index (χ4v) is 5.52. The summed E-state index contributed by atoms with van der Waals surface area (Å²) >= 11 is 0. The standard InChI is InChI=1S/C26H25F3N4O3S/c1-2-14-37(34,35)32-17-7-5-16(6-8-17)24-23(30)20-12-11-19(15-22(20)33(24)18-9-10-18)36-25-21(26(27,28)29)4-3-13-31-25/h3-8,11-13,15,18,32H,2,9-10,14,30H2,1H3. The van der Waals surface area contributed by atoms with E-state index in [1.54, 1.807) is 49.4 Å². The van der Waals surface area contributed by atoms with E-state index in [9.17, 15) is 21.6 Å². The summed E-state index contributed by atoms with van der Waals surface area (Å²) in [5.41, 5.74) is 8.90. The number of alkyl halides is 3. The number of benzene rings is 2. The van der Waals surface area contributed by atoms with Gasteiger partial charge in [0.2, 0.25) is 15.9 Å². The van der Waals surface area contributed by atoms with E-state index >= 15 is 0 Å². The van der Waals surface area contributed by atoms with Crippen LogP contribution in [0.15, 0.2) is 60.8 Å². The van der Waals surface area contributed by atoms with Crippen molar-refractivity contribution in [2.24, 2.45) is 0 Å². The molecule has 3 N–H and O–H groups in total. The molecule has 2 aromatic carbocycles. The number of hydrogen-bond donors (Lipinski definition) is 2. The summed E-state index contributed by atoms with van der Waals surface area (Å²) in [4.78, 5) is 3.78. The summed E-state index contributed by atoms with van der Waals surface area (Å²) in [5.74, 6) is -0.276. The summed E-state index contributed by atoms with van der Waals surface area (Å²) < 4.78 is 74.7. The molecule has 0 aliphatic heterocycles. The Labute approximate surface area is 212 Å². The quantitative estimate of drug-likeness (QED) is 0.268. The SMILES string of the molecule is CCCS(=O)(=O)Nc1ccc(-c2c(N)c3ccc(Oc4ncccc4C(F)(F)F)cc3n2C2CC2)cc1. The highest BCUT2D eigenvalue weighted by Crippen LogP contribution is 2.47. The molecule has 0 atom stereocenters. The highest BCUT2D eigenvalue weighted by molar-refractivity contribution is 7.92. The molecule has 0 bridgehead atoms. The number of ether oxygens (including phenoxy) is 1. The summed E-state index contributed by atoms with van der Waals surface area (Å²) in [6.07, 6.45) is -0.965. The first-order chi connectivity index (χ1) is 17.6. The van der Waals surface area contributed by atoms with Gasteiger partial charge >= 0.3 is 6.18 Å². The van der Waals surface area contributed by atoms with Crippen LogP contribution in [0.4, 0.5) is 24.5 Å². The third-order valence-electron chi connectivity index (χ3n) is 6.12. The van der Waals surface area contributed by atoms with Crippen LogP contribution in [0.25, 0.3) is 22.2 Å². The molecule has 5 rings (SSSR count). The van der Waals surface area contributed by atoms with Crippen molar-refractivity contribution in [3.63, 3.8) is 0 Å². The summed E-state index contributed by atoms with van der Waals surface area (Å²) in [5, 5.41) is 0.749. The molecule has 7 nitrogen and oxygen atoms in total. The van der Waals surface area contributed by atoms with Crippen LogP contribution in [0.2, 0.25) is 0 Å². The molecular formula is C26H25F3N4O3S. The second-order valence-corrected chi connectivity index (χ2v) is 10.8. The van der Waals surface area contributed by atoms with Crippen LogP contribution in [0.1, 0.15) is 37.8 Å². The van der Waals surface area contributed by atoms with E-state index in [2.05, 4.69) is 14.3 Å². The van der Waals surface area contributed by atoms with Crippen molar-refractivity contribution >= 4 is 32.3 Å². The van der Waals surface area contributed by atoms with Gasteiger partial charge in [0.15, 0.2) is 0 Å². The maximum Gasteiger partial charge on any atom is 0.421 e. The number of pyridine rings is 1. The molecule has 1 aliphatic carbocycles. The number of hydrogen-bond acceptors (Lipinski definition) is 5. The first-order valence-electron chi connectivity index (χ1n) is 11.8. The third-order valence-corrected chi connectivity index (χ3v) is 7.61. The van der Waals surface area contributed by atoms with Crippen molar-refractivity contribution in [2.75, 3.05) is 16.2 Å². The second-order valence-electron chi connectivity index (χ2n) is 9.00. The lowest BCUT2D eigenvalue weighted by atomic mass is 10.1. The lowest BCUT2D eigenvalue weighted by molar-refractivity contribution is -0.138. The van der Waals surface area contributed by atoms with E-state index < -0.39 is 27.6 Å². The predicted octanol–water partition coefficient (Wildman–Crippen LogP) is 6.58. The van der Waals surface area contributed by atoms with Crippen molar-refractivity contribution in [1.82, 2.24) is 9.55 Å². The largest absolute Gasteiger partial charge is 0.438 e. The van der Waals surface area contributed by atoms with Gasteiger partial charge < -0.3 is 15.0 Å². The van der Waals surface area contributed by atoms with Crippen LogP contribution in [-0.2, 0) is 16.2 Å². The Morgan fingerprint density at radius 1 is 1.14 bits per heavy atom. The fraction of sp³-hybridized carbons (Fsp3) is 0.269. The Morgan fingerprint density at radius 3 is 2.51 bits per heavy atom.